The summed E-state index contributed by atoms with van der Waals surface area (Å²) in [6.07, 6.45) is 3.62. The average Bonchev–Trinajstić information content (AvgIpc) is 3.12. The Morgan fingerprint density at radius 1 is 1.00 bits per heavy atom. The molecule has 1 saturated heterocycles. The molecule has 4 rings (SSSR count). The number of para-hydroxylation sites is 1. The predicted octanol–water partition coefficient (Wildman–Crippen LogP) is 4.89. The molecular weight excluding hydrogens is 384 g/mol. The topological polar surface area (TPSA) is 59.0 Å². The van der Waals surface area contributed by atoms with Crippen LogP contribution in [-0.4, -0.2) is 32.8 Å². The molecule has 1 aromatic heterocycles. The zero-order valence-corrected chi connectivity index (χ0v) is 19.1. The van der Waals surface area contributed by atoms with Gasteiger partial charge in [-0.3, -0.25) is 4.79 Å². The van der Waals surface area contributed by atoms with Crippen LogP contribution in [-0.2, 0) is 0 Å². The van der Waals surface area contributed by atoms with Gasteiger partial charge in [-0.15, -0.1) is 0 Å². The van der Waals surface area contributed by atoms with Crippen molar-refractivity contribution >= 4 is 5.91 Å². The van der Waals surface area contributed by atoms with Crippen molar-refractivity contribution in [1.29, 1.82) is 0 Å². The molecule has 1 aliphatic rings. The number of nitrogens with zero attached hydrogens (tertiary/aromatic N) is 2. The molecule has 0 atom stereocenters. The van der Waals surface area contributed by atoms with Crippen molar-refractivity contribution in [3.05, 3.63) is 71.9 Å². The molecule has 0 saturated carbocycles. The summed E-state index contributed by atoms with van der Waals surface area (Å²) >= 11 is 0. The normalized spacial score (nSPS) is 18.0. The molecule has 0 bridgehead atoms. The van der Waals surface area contributed by atoms with Gasteiger partial charge >= 0.3 is 0 Å². The van der Waals surface area contributed by atoms with Crippen LogP contribution in [0.2, 0.25) is 0 Å². The van der Waals surface area contributed by atoms with Crippen molar-refractivity contribution in [3.63, 3.8) is 0 Å². The molecule has 0 spiro atoms. The van der Waals surface area contributed by atoms with Gasteiger partial charge in [0.2, 0.25) is 0 Å². The molecule has 0 aliphatic carbocycles. The molecule has 0 unspecified atom stereocenters. The van der Waals surface area contributed by atoms with Crippen LogP contribution in [0.25, 0.3) is 16.9 Å². The number of aromatic nitrogens is 2. The Bertz CT molecular complexity index is 1070. The second kappa shape index (κ2) is 7.97. The van der Waals surface area contributed by atoms with E-state index in [2.05, 4.69) is 51.3 Å². The van der Waals surface area contributed by atoms with Gasteiger partial charge < -0.3 is 10.6 Å². The van der Waals surface area contributed by atoms with E-state index in [0.717, 1.165) is 29.7 Å². The van der Waals surface area contributed by atoms with Gasteiger partial charge in [0, 0.05) is 28.9 Å². The van der Waals surface area contributed by atoms with Crippen LogP contribution in [0.15, 0.2) is 60.8 Å². The molecule has 5 heteroatoms. The molecule has 2 N–H and O–H groups in total. The first kappa shape index (κ1) is 21.3. The number of benzene rings is 2. The van der Waals surface area contributed by atoms with Crippen molar-refractivity contribution in [2.45, 2.75) is 64.6 Å². The third-order valence-corrected chi connectivity index (χ3v) is 5.91. The standard InChI is InChI=1S/C26H32N4O/c1-18-11-9-10-14-21(18)23-22(17-30(28-23)20-12-7-6-8-13-20)24(31)27-19-15-25(2,3)29-26(4,5)16-19/h6-14,17,19,29H,15-16H2,1-5H3,(H,27,31). The minimum atomic E-state index is -0.0704. The van der Waals surface area contributed by atoms with Crippen LogP contribution >= 0.6 is 0 Å². The number of carbonyl (C=O) groups is 1. The summed E-state index contributed by atoms with van der Waals surface area (Å²) in [6, 6.07) is 18.1. The van der Waals surface area contributed by atoms with Gasteiger partial charge in [0.1, 0.15) is 5.69 Å². The zero-order valence-electron chi connectivity index (χ0n) is 19.1. The summed E-state index contributed by atoms with van der Waals surface area (Å²) < 4.78 is 1.80. The smallest absolute Gasteiger partial charge is 0.255 e. The van der Waals surface area contributed by atoms with E-state index in [9.17, 15) is 4.79 Å². The first-order valence-electron chi connectivity index (χ1n) is 10.9. The first-order chi connectivity index (χ1) is 14.6. The summed E-state index contributed by atoms with van der Waals surface area (Å²) in [5, 5.41) is 11.8. The number of rotatable bonds is 4. The molecule has 31 heavy (non-hydrogen) atoms. The van der Waals surface area contributed by atoms with Crippen molar-refractivity contribution in [1.82, 2.24) is 20.4 Å². The summed E-state index contributed by atoms with van der Waals surface area (Å²) in [7, 11) is 0. The highest BCUT2D eigenvalue weighted by molar-refractivity contribution is 6.00. The highest BCUT2D eigenvalue weighted by Crippen LogP contribution is 2.30. The number of nitrogens with one attached hydrogen (secondary N) is 2. The SMILES string of the molecule is Cc1ccccc1-c1nn(-c2ccccc2)cc1C(=O)NC1CC(C)(C)NC(C)(C)C1. The van der Waals surface area contributed by atoms with E-state index in [0.29, 0.717) is 11.3 Å². The Morgan fingerprint density at radius 3 is 2.26 bits per heavy atom. The van der Waals surface area contributed by atoms with Crippen molar-refractivity contribution in [2.75, 3.05) is 0 Å². The number of piperidine rings is 1. The first-order valence-corrected chi connectivity index (χ1v) is 10.9. The van der Waals surface area contributed by atoms with E-state index in [4.69, 9.17) is 5.10 Å². The maximum absolute atomic E-state index is 13.5. The second-order valence-corrected chi connectivity index (χ2v) is 9.96. The third-order valence-electron chi connectivity index (χ3n) is 5.91. The molecule has 5 nitrogen and oxygen atoms in total. The quantitative estimate of drug-likeness (QED) is 0.637. The summed E-state index contributed by atoms with van der Waals surface area (Å²) in [6.45, 7) is 10.8. The minimum Gasteiger partial charge on any atom is -0.349 e. The van der Waals surface area contributed by atoms with E-state index in [-0.39, 0.29) is 23.0 Å². The van der Waals surface area contributed by atoms with Crippen molar-refractivity contribution in [2.24, 2.45) is 0 Å². The largest absolute Gasteiger partial charge is 0.349 e. The number of amides is 1. The molecule has 3 aromatic rings. The number of aryl methyl sites for hydroxylation is 1. The van der Waals surface area contributed by atoms with Crippen LogP contribution < -0.4 is 10.6 Å². The third kappa shape index (κ3) is 4.72. The zero-order chi connectivity index (χ0) is 22.2. The van der Waals surface area contributed by atoms with Gasteiger partial charge in [-0.1, -0.05) is 42.5 Å². The number of hydrogen-bond donors (Lipinski definition) is 2. The molecule has 1 aliphatic heterocycles. The molecule has 1 fully saturated rings. The van der Waals surface area contributed by atoms with E-state index in [1.807, 2.05) is 54.7 Å². The van der Waals surface area contributed by atoms with Crippen LogP contribution in [0.4, 0.5) is 0 Å². The van der Waals surface area contributed by atoms with E-state index in [1.165, 1.54) is 0 Å². The lowest BCUT2D eigenvalue weighted by atomic mass is 9.79. The Hall–Kier alpha value is -2.92. The van der Waals surface area contributed by atoms with Crippen LogP contribution in [0.5, 0.6) is 0 Å². The highest BCUT2D eigenvalue weighted by atomic mass is 16.1. The van der Waals surface area contributed by atoms with Crippen LogP contribution in [0, 0.1) is 6.92 Å². The lowest BCUT2D eigenvalue weighted by molar-refractivity contribution is 0.0874. The minimum absolute atomic E-state index is 0.0350. The van der Waals surface area contributed by atoms with E-state index in [1.54, 1.807) is 4.68 Å². The Morgan fingerprint density at radius 2 is 1.61 bits per heavy atom. The maximum Gasteiger partial charge on any atom is 0.255 e. The predicted molar refractivity (Wildman–Crippen MR) is 126 cm³/mol. The van der Waals surface area contributed by atoms with Crippen LogP contribution in [0.3, 0.4) is 0 Å². The second-order valence-electron chi connectivity index (χ2n) is 9.96. The van der Waals surface area contributed by atoms with E-state index < -0.39 is 0 Å². The summed E-state index contributed by atoms with van der Waals surface area (Å²) in [5.41, 5.74) is 4.26. The van der Waals surface area contributed by atoms with Gasteiger partial charge in [-0.25, -0.2) is 4.68 Å². The van der Waals surface area contributed by atoms with Crippen molar-refractivity contribution in [3.8, 4) is 16.9 Å². The van der Waals surface area contributed by atoms with Gasteiger partial charge in [-0.2, -0.15) is 5.10 Å². The molecule has 0 radical (unpaired) electrons. The lowest BCUT2D eigenvalue weighted by Crippen LogP contribution is -2.62. The van der Waals surface area contributed by atoms with Gasteiger partial charge in [-0.05, 0) is 65.2 Å². The van der Waals surface area contributed by atoms with Gasteiger partial charge in [0.15, 0.2) is 0 Å². The highest BCUT2D eigenvalue weighted by Gasteiger charge is 2.38. The Balaban J connectivity index is 1.70. The molecule has 2 heterocycles. The number of hydrogen-bond acceptors (Lipinski definition) is 3. The summed E-state index contributed by atoms with van der Waals surface area (Å²) in [5.74, 6) is -0.0704. The van der Waals surface area contributed by atoms with E-state index >= 15 is 0 Å². The summed E-state index contributed by atoms with van der Waals surface area (Å²) in [4.78, 5) is 13.5. The Labute approximate surface area is 184 Å². The lowest BCUT2D eigenvalue weighted by Gasteiger charge is -2.46. The monoisotopic (exact) mass is 416 g/mol. The fraction of sp³-hybridized carbons (Fsp3) is 0.385. The molecular formula is C26H32N4O. The molecule has 1 amide bonds. The van der Waals surface area contributed by atoms with Gasteiger partial charge in [0.25, 0.3) is 5.91 Å². The van der Waals surface area contributed by atoms with Gasteiger partial charge in [0.05, 0.1) is 11.3 Å². The molecule has 162 valence electrons. The fourth-order valence-corrected chi connectivity index (χ4v) is 4.98. The average molecular weight is 417 g/mol. The van der Waals surface area contributed by atoms with Crippen LogP contribution in [0.1, 0.15) is 56.5 Å². The fourth-order valence-electron chi connectivity index (χ4n) is 4.98. The molecule has 2 aromatic carbocycles. The maximum atomic E-state index is 13.5. The number of carbonyl (C=O) groups excluding carboxylic acids is 1. The van der Waals surface area contributed by atoms with Crippen molar-refractivity contribution < 1.29 is 4.79 Å². The Kier molecular flexibility index (Phi) is 5.48.